The molecule has 0 radical (unpaired) electrons. The van der Waals surface area contributed by atoms with Gasteiger partial charge in [0, 0.05) is 6.54 Å². The van der Waals surface area contributed by atoms with E-state index in [4.69, 9.17) is 5.73 Å². The minimum Gasteiger partial charge on any atom is -0.406 e. The van der Waals surface area contributed by atoms with Crippen molar-refractivity contribution in [2.24, 2.45) is 5.73 Å². The summed E-state index contributed by atoms with van der Waals surface area (Å²) in [6, 6.07) is 5.57. The molecule has 0 aliphatic carbocycles. The minimum absolute atomic E-state index is 0.252. The highest BCUT2D eigenvalue weighted by atomic mass is 19.4. The SMILES string of the molecule is NCc1cn(Cc2ccc(OC(F)(F)F)cc2)nn1. The van der Waals surface area contributed by atoms with Crippen LogP contribution in [0.5, 0.6) is 5.75 Å². The molecule has 8 heteroatoms. The molecule has 0 fully saturated rings. The van der Waals surface area contributed by atoms with Crippen LogP contribution in [-0.4, -0.2) is 21.4 Å². The van der Waals surface area contributed by atoms with Crippen LogP contribution in [0.15, 0.2) is 30.5 Å². The molecule has 0 atom stereocenters. The van der Waals surface area contributed by atoms with E-state index in [1.54, 1.807) is 10.9 Å². The molecule has 102 valence electrons. The second kappa shape index (κ2) is 5.27. The van der Waals surface area contributed by atoms with Crippen molar-refractivity contribution in [3.63, 3.8) is 0 Å². The number of nitrogens with two attached hydrogens (primary N) is 1. The lowest BCUT2D eigenvalue weighted by atomic mass is 10.2. The first-order valence-electron chi connectivity index (χ1n) is 5.40. The monoisotopic (exact) mass is 272 g/mol. The molecule has 0 saturated carbocycles. The van der Waals surface area contributed by atoms with E-state index in [0.717, 1.165) is 5.56 Å². The Labute approximate surface area is 106 Å². The Morgan fingerprint density at radius 1 is 1.21 bits per heavy atom. The van der Waals surface area contributed by atoms with Gasteiger partial charge >= 0.3 is 6.36 Å². The molecule has 2 N–H and O–H groups in total. The van der Waals surface area contributed by atoms with Gasteiger partial charge in [0.1, 0.15) is 5.75 Å². The Balaban J connectivity index is 2.02. The maximum Gasteiger partial charge on any atom is 0.573 e. The van der Waals surface area contributed by atoms with Crippen molar-refractivity contribution < 1.29 is 17.9 Å². The molecule has 19 heavy (non-hydrogen) atoms. The van der Waals surface area contributed by atoms with E-state index in [-0.39, 0.29) is 5.75 Å². The molecule has 1 heterocycles. The first-order valence-corrected chi connectivity index (χ1v) is 5.40. The highest BCUT2D eigenvalue weighted by molar-refractivity contribution is 5.27. The second-order valence-corrected chi connectivity index (χ2v) is 3.80. The Morgan fingerprint density at radius 3 is 2.42 bits per heavy atom. The molecule has 0 bridgehead atoms. The topological polar surface area (TPSA) is 66.0 Å². The predicted octanol–water partition coefficient (Wildman–Crippen LogP) is 1.68. The summed E-state index contributed by atoms with van der Waals surface area (Å²) in [5.74, 6) is -0.252. The van der Waals surface area contributed by atoms with Crippen LogP contribution in [-0.2, 0) is 13.1 Å². The van der Waals surface area contributed by atoms with Crippen molar-refractivity contribution in [3.05, 3.63) is 41.7 Å². The molecule has 1 aromatic carbocycles. The van der Waals surface area contributed by atoms with Gasteiger partial charge in [0.2, 0.25) is 0 Å². The van der Waals surface area contributed by atoms with E-state index in [1.807, 2.05) is 0 Å². The lowest BCUT2D eigenvalue weighted by molar-refractivity contribution is -0.274. The van der Waals surface area contributed by atoms with Crippen LogP contribution in [0.2, 0.25) is 0 Å². The largest absolute Gasteiger partial charge is 0.573 e. The molecule has 0 aliphatic heterocycles. The maximum atomic E-state index is 12.0. The first-order chi connectivity index (χ1) is 8.96. The highest BCUT2D eigenvalue weighted by Gasteiger charge is 2.30. The number of hydrogen-bond acceptors (Lipinski definition) is 4. The molecule has 2 aromatic rings. The Bertz CT molecular complexity index is 536. The van der Waals surface area contributed by atoms with Crippen molar-refractivity contribution in [3.8, 4) is 5.75 Å². The van der Waals surface area contributed by atoms with Crippen LogP contribution in [0, 0.1) is 0 Å². The van der Waals surface area contributed by atoms with Crippen molar-refractivity contribution in [1.29, 1.82) is 0 Å². The summed E-state index contributed by atoms with van der Waals surface area (Å²) in [4.78, 5) is 0. The summed E-state index contributed by atoms with van der Waals surface area (Å²) in [5, 5.41) is 7.65. The van der Waals surface area contributed by atoms with E-state index < -0.39 is 6.36 Å². The van der Waals surface area contributed by atoms with Crippen molar-refractivity contribution in [1.82, 2.24) is 15.0 Å². The number of hydrogen-bond donors (Lipinski definition) is 1. The van der Waals surface area contributed by atoms with Crippen LogP contribution in [0.3, 0.4) is 0 Å². The summed E-state index contributed by atoms with van der Waals surface area (Å²) in [7, 11) is 0. The van der Waals surface area contributed by atoms with E-state index in [9.17, 15) is 13.2 Å². The molecule has 0 unspecified atom stereocenters. The van der Waals surface area contributed by atoms with Gasteiger partial charge in [0.05, 0.1) is 18.4 Å². The van der Waals surface area contributed by atoms with E-state index in [0.29, 0.717) is 18.8 Å². The zero-order valence-corrected chi connectivity index (χ0v) is 9.76. The minimum atomic E-state index is -4.68. The lowest BCUT2D eigenvalue weighted by Gasteiger charge is -2.09. The van der Waals surface area contributed by atoms with E-state index in [2.05, 4.69) is 15.0 Å². The zero-order valence-electron chi connectivity index (χ0n) is 9.76. The smallest absolute Gasteiger partial charge is 0.406 e. The number of aromatic nitrogens is 3. The summed E-state index contributed by atoms with van der Waals surface area (Å²) in [5.41, 5.74) is 6.83. The molecule has 0 aliphatic rings. The molecular weight excluding hydrogens is 261 g/mol. The lowest BCUT2D eigenvalue weighted by Crippen LogP contribution is -2.17. The van der Waals surface area contributed by atoms with Crippen LogP contribution in [0.4, 0.5) is 13.2 Å². The number of rotatable bonds is 4. The molecule has 1 aromatic heterocycles. The third-order valence-electron chi connectivity index (χ3n) is 2.30. The van der Waals surface area contributed by atoms with Crippen molar-refractivity contribution in [2.45, 2.75) is 19.5 Å². The average Bonchev–Trinajstić information content (AvgIpc) is 2.77. The summed E-state index contributed by atoms with van der Waals surface area (Å²) in [6.45, 7) is 0.692. The number of ether oxygens (including phenoxy) is 1. The fourth-order valence-electron chi connectivity index (χ4n) is 1.49. The van der Waals surface area contributed by atoms with E-state index >= 15 is 0 Å². The second-order valence-electron chi connectivity index (χ2n) is 3.80. The van der Waals surface area contributed by atoms with E-state index in [1.165, 1.54) is 24.3 Å². The molecule has 0 amide bonds. The van der Waals surface area contributed by atoms with Crippen LogP contribution in [0.25, 0.3) is 0 Å². The number of halogens is 3. The molecular formula is C11H11F3N4O. The summed E-state index contributed by atoms with van der Waals surface area (Å²) < 4.78 is 41.3. The van der Waals surface area contributed by atoms with Crippen LogP contribution in [0.1, 0.15) is 11.3 Å². The number of nitrogens with zero attached hydrogens (tertiary/aromatic N) is 3. The normalized spacial score (nSPS) is 11.6. The highest BCUT2D eigenvalue weighted by Crippen LogP contribution is 2.22. The Hall–Kier alpha value is -2.09. The standard InChI is InChI=1S/C11H11F3N4O/c12-11(13,14)19-10-3-1-8(2-4-10)6-18-7-9(5-15)16-17-18/h1-4,7H,5-6,15H2. The van der Waals surface area contributed by atoms with Crippen LogP contribution >= 0.6 is 0 Å². The number of alkyl halides is 3. The molecule has 0 saturated heterocycles. The predicted molar refractivity (Wildman–Crippen MR) is 60.1 cm³/mol. The van der Waals surface area contributed by atoms with Crippen LogP contribution < -0.4 is 10.5 Å². The molecule has 0 spiro atoms. The Kier molecular flexibility index (Phi) is 3.70. The zero-order chi connectivity index (χ0) is 13.9. The summed E-state index contributed by atoms with van der Waals surface area (Å²) in [6.07, 6.45) is -3.00. The Morgan fingerprint density at radius 2 is 1.89 bits per heavy atom. The molecule has 2 rings (SSSR count). The van der Waals surface area contributed by atoms with Gasteiger partial charge in [-0.25, -0.2) is 4.68 Å². The average molecular weight is 272 g/mol. The van der Waals surface area contributed by atoms with Gasteiger partial charge in [-0.1, -0.05) is 17.3 Å². The first kappa shape index (κ1) is 13.3. The van der Waals surface area contributed by atoms with Crippen molar-refractivity contribution in [2.75, 3.05) is 0 Å². The van der Waals surface area contributed by atoms with Gasteiger partial charge in [0.15, 0.2) is 0 Å². The van der Waals surface area contributed by atoms with Gasteiger partial charge in [-0.2, -0.15) is 0 Å². The fraction of sp³-hybridized carbons (Fsp3) is 0.273. The summed E-state index contributed by atoms with van der Waals surface area (Å²) >= 11 is 0. The van der Waals surface area contributed by atoms with Gasteiger partial charge in [0.25, 0.3) is 0 Å². The van der Waals surface area contributed by atoms with Gasteiger partial charge in [-0.05, 0) is 17.7 Å². The number of benzene rings is 1. The van der Waals surface area contributed by atoms with Gasteiger partial charge < -0.3 is 10.5 Å². The third kappa shape index (κ3) is 3.95. The molecule has 5 nitrogen and oxygen atoms in total. The fourth-order valence-corrected chi connectivity index (χ4v) is 1.49. The van der Waals surface area contributed by atoms with Crippen molar-refractivity contribution >= 4 is 0 Å². The quantitative estimate of drug-likeness (QED) is 0.919. The maximum absolute atomic E-state index is 12.0. The third-order valence-corrected chi connectivity index (χ3v) is 2.30. The van der Waals surface area contributed by atoms with Gasteiger partial charge in [-0.3, -0.25) is 0 Å². The van der Waals surface area contributed by atoms with Gasteiger partial charge in [-0.15, -0.1) is 18.3 Å².